The van der Waals surface area contributed by atoms with E-state index >= 15 is 0 Å². The second kappa shape index (κ2) is 12.3. The molecular formula is C31H48O. The number of aromatic hydroxyl groups is 1. The molecule has 0 radical (unpaired) electrons. The molecule has 3 aliphatic carbocycles. The van der Waals surface area contributed by atoms with Crippen LogP contribution in [0, 0.1) is 29.6 Å². The third-order valence-corrected chi connectivity index (χ3v) is 9.38. The van der Waals surface area contributed by atoms with Crippen molar-refractivity contribution in [3.63, 3.8) is 0 Å². The van der Waals surface area contributed by atoms with Crippen molar-refractivity contribution in [2.45, 2.75) is 116 Å². The number of allylic oxidation sites excluding steroid dienone is 2. The second-order valence-corrected chi connectivity index (χ2v) is 11.5. The molecule has 1 aromatic carbocycles. The minimum Gasteiger partial charge on any atom is -0.508 e. The Morgan fingerprint density at radius 2 is 1.22 bits per heavy atom. The van der Waals surface area contributed by atoms with Crippen LogP contribution in [0.25, 0.3) is 0 Å². The molecule has 3 saturated carbocycles. The number of hydrogen-bond acceptors (Lipinski definition) is 1. The largest absolute Gasteiger partial charge is 0.508 e. The van der Waals surface area contributed by atoms with Crippen molar-refractivity contribution in [3.05, 3.63) is 42.0 Å². The molecule has 1 nitrogen and oxygen atoms in total. The van der Waals surface area contributed by atoms with Gasteiger partial charge in [-0.3, -0.25) is 0 Å². The lowest BCUT2D eigenvalue weighted by atomic mass is 9.68. The maximum absolute atomic E-state index is 9.52. The van der Waals surface area contributed by atoms with Crippen LogP contribution in [0.1, 0.15) is 121 Å². The van der Waals surface area contributed by atoms with Gasteiger partial charge in [0.15, 0.2) is 0 Å². The molecule has 0 heterocycles. The number of phenols is 1. The Balaban J connectivity index is 1.13. The van der Waals surface area contributed by atoms with Crippen LogP contribution < -0.4 is 0 Å². The van der Waals surface area contributed by atoms with Crippen molar-refractivity contribution in [3.8, 4) is 5.75 Å². The first-order chi connectivity index (χ1) is 15.7. The summed E-state index contributed by atoms with van der Waals surface area (Å²) in [5.74, 6) is 5.87. The van der Waals surface area contributed by atoms with Crippen molar-refractivity contribution in [1.82, 2.24) is 0 Å². The van der Waals surface area contributed by atoms with Gasteiger partial charge in [-0.25, -0.2) is 0 Å². The van der Waals surface area contributed by atoms with Crippen molar-refractivity contribution >= 4 is 0 Å². The van der Waals surface area contributed by atoms with Gasteiger partial charge in [-0.1, -0.05) is 69.7 Å². The smallest absolute Gasteiger partial charge is 0.115 e. The fraction of sp³-hybridized carbons (Fsp3) is 0.742. The number of unbranched alkanes of at least 4 members (excludes halogenated alkanes) is 2. The Kier molecular flexibility index (Phi) is 9.18. The predicted molar refractivity (Wildman–Crippen MR) is 137 cm³/mol. The van der Waals surface area contributed by atoms with Crippen LogP contribution in [0.4, 0.5) is 0 Å². The molecule has 178 valence electrons. The Labute approximate surface area is 198 Å². The van der Waals surface area contributed by atoms with Crippen LogP contribution in [0.3, 0.4) is 0 Å². The van der Waals surface area contributed by atoms with E-state index in [4.69, 9.17) is 0 Å². The maximum atomic E-state index is 9.52. The Bertz CT molecular complexity index is 665. The summed E-state index contributed by atoms with van der Waals surface area (Å²) in [6.07, 6.45) is 28.3. The van der Waals surface area contributed by atoms with Crippen LogP contribution >= 0.6 is 0 Å². The highest BCUT2D eigenvalue weighted by Gasteiger charge is 2.30. The van der Waals surface area contributed by atoms with Crippen LogP contribution in [-0.2, 0) is 0 Å². The molecule has 1 aromatic rings. The molecule has 3 fully saturated rings. The molecule has 0 bridgehead atoms. The van der Waals surface area contributed by atoms with Crippen LogP contribution in [0.2, 0.25) is 0 Å². The molecule has 1 heteroatoms. The van der Waals surface area contributed by atoms with E-state index in [1.165, 1.54) is 108 Å². The molecule has 1 N–H and O–H groups in total. The molecule has 0 unspecified atom stereocenters. The van der Waals surface area contributed by atoms with Gasteiger partial charge in [0.25, 0.3) is 0 Å². The van der Waals surface area contributed by atoms with Gasteiger partial charge < -0.3 is 5.11 Å². The SMILES string of the molecule is CCCCCC1CCC(C2CCC(/C=C/C3CCC(c4ccc(O)cc4)CC3)CC2)CC1. The quantitative estimate of drug-likeness (QED) is 0.318. The number of hydrogen-bond donors (Lipinski definition) is 1. The van der Waals surface area contributed by atoms with Gasteiger partial charge in [0.05, 0.1) is 0 Å². The van der Waals surface area contributed by atoms with E-state index in [0.717, 1.165) is 29.6 Å². The molecule has 32 heavy (non-hydrogen) atoms. The first-order valence-electron chi connectivity index (χ1n) is 14.2. The van der Waals surface area contributed by atoms with Crippen molar-refractivity contribution in [1.29, 1.82) is 0 Å². The first kappa shape index (κ1) is 23.9. The van der Waals surface area contributed by atoms with Crippen LogP contribution in [0.5, 0.6) is 5.75 Å². The summed E-state index contributed by atoms with van der Waals surface area (Å²) in [5, 5.41) is 9.52. The zero-order chi connectivity index (χ0) is 22.2. The molecule has 0 spiro atoms. The van der Waals surface area contributed by atoms with E-state index in [9.17, 15) is 5.11 Å². The zero-order valence-corrected chi connectivity index (χ0v) is 20.7. The Morgan fingerprint density at radius 3 is 1.78 bits per heavy atom. The molecule has 0 amide bonds. The van der Waals surface area contributed by atoms with Gasteiger partial charge in [0, 0.05) is 0 Å². The number of rotatable bonds is 8. The molecule has 0 aliphatic heterocycles. The monoisotopic (exact) mass is 436 g/mol. The summed E-state index contributed by atoms with van der Waals surface area (Å²) in [6, 6.07) is 7.93. The van der Waals surface area contributed by atoms with E-state index in [1.807, 2.05) is 12.1 Å². The summed E-state index contributed by atoms with van der Waals surface area (Å²) in [4.78, 5) is 0. The Hall–Kier alpha value is -1.24. The second-order valence-electron chi connectivity index (χ2n) is 11.5. The molecule has 0 saturated heterocycles. The standard InChI is InChI=1S/C31H48O/c1-2-3-4-5-24-8-14-27(15-9-24)28-16-10-25(11-17-28)6-7-26-12-18-29(19-13-26)30-20-22-31(32)23-21-30/h6-7,20-29,32H,2-5,8-19H2,1H3/b7-6+. The van der Waals surface area contributed by atoms with E-state index in [1.54, 1.807) is 0 Å². The third-order valence-electron chi connectivity index (χ3n) is 9.38. The van der Waals surface area contributed by atoms with Gasteiger partial charge in [-0.05, 0) is 117 Å². The number of phenolic OH excluding ortho intramolecular Hbond substituents is 1. The highest BCUT2D eigenvalue weighted by Crippen LogP contribution is 2.43. The average molecular weight is 437 g/mol. The fourth-order valence-corrected chi connectivity index (χ4v) is 7.15. The fourth-order valence-electron chi connectivity index (χ4n) is 7.15. The number of benzene rings is 1. The highest BCUT2D eigenvalue weighted by atomic mass is 16.3. The van der Waals surface area contributed by atoms with Crippen LogP contribution in [-0.4, -0.2) is 5.11 Å². The lowest BCUT2D eigenvalue weighted by molar-refractivity contribution is 0.151. The van der Waals surface area contributed by atoms with E-state index < -0.39 is 0 Å². The van der Waals surface area contributed by atoms with Gasteiger partial charge >= 0.3 is 0 Å². The van der Waals surface area contributed by atoms with Crippen molar-refractivity contribution in [2.75, 3.05) is 0 Å². The third kappa shape index (κ3) is 6.88. The van der Waals surface area contributed by atoms with Gasteiger partial charge in [-0.15, -0.1) is 0 Å². The van der Waals surface area contributed by atoms with E-state index in [-0.39, 0.29) is 0 Å². The van der Waals surface area contributed by atoms with E-state index in [2.05, 4.69) is 31.2 Å². The van der Waals surface area contributed by atoms with E-state index in [0.29, 0.717) is 11.7 Å². The lowest BCUT2D eigenvalue weighted by Crippen LogP contribution is -2.25. The van der Waals surface area contributed by atoms with Crippen molar-refractivity contribution < 1.29 is 5.11 Å². The van der Waals surface area contributed by atoms with Crippen molar-refractivity contribution in [2.24, 2.45) is 29.6 Å². The minimum absolute atomic E-state index is 0.384. The summed E-state index contributed by atoms with van der Waals surface area (Å²) in [6.45, 7) is 2.33. The van der Waals surface area contributed by atoms with Gasteiger partial charge in [0.1, 0.15) is 5.75 Å². The molecular weight excluding hydrogens is 388 g/mol. The first-order valence-corrected chi connectivity index (χ1v) is 14.2. The zero-order valence-electron chi connectivity index (χ0n) is 20.7. The van der Waals surface area contributed by atoms with Gasteiger partial charge in [-0.2, -0.15) is 0 Å². The molecule has 0 atom stereocenters. The molecule has 4 rings (SSSR count). The van der Waals surface area contributed by atoms with Gasteiger partial charge in [0.2, 0.25) is 0 Å². The topological polar surface area (TPSA) is 20.2 Å². The Morgan fingerprint density at radius 1 is 0.688 bits per heavy atom. The maximum Gasteiger partial charge on any atom is 0.115 e. The predicted octanol–water partition coefficient (Wildman–Crippen LogP) is 9.42. The summed E-state index contributed by atoms with van der Waals surface area (Å²) < 4.78 is 0. The van der Waals surface area contributed by atoms with Crippen LogP contribution in [0.15, 0.2) is 36.4 Å². The molecule has 3 aliphatic rings. The highest BCUT2D eigenvalue weighted by molar-refractivity contribution is 5.28. The normalized spacial score (nSPS) is 34.0. The molecule has 0 aromatic heterocycles. The summed E-state index contributed by atoms with van der Waals surface area (Å²) in [5.41, 5.74) is 1.42. The lowest BCUT2D eigenvalue weighted by Gasteiger charge is -2.37. The average Bonchev–Trinajstić information content (AvgIpc) is 2.85. The minimum atomic E-state index is 0.384. The summed E-state index contributed by atoms with van der Waals surface area (Å²) in [7, 11) is 0. The summed E-state index contributed by atoms with van der Waals surface area (Å²) >= 11 is 0.